The third-order valence-corrected chi connectivity index (χ3v) is 4.18. The van der Waals surface area contributed by atoms with Crippen LogP contribution >= 0.6 is 0 Å². The van der Waals surface area contributed by atoms with E-state index in [0.29, 0.717) is 28.4 Å². The first-order chi connectivity index (χ1) is 13.7. The lowest BCUT2D eigenvalue weighted by atomic mass is 10.1. The average molecular weight is 379 g/mol. The molecule has 3 aromatic carbocycles. The number of hydrogen-bond donors (Lipinski definition) is 0. The lowest BCUT2D eigenvalue weighted by Crippen LogP contribution is -2.14. The van der Waals surface area contributed by atoms with E-state index in [2.05, 4.69) is 0 Å². The minimum absolute atomic E-state index is 0.0157. The maximum absolute atomic E-state index is 11.2. The maximum atomic E-state index is 11.2. The molecule has 142 valence electrons. The second kappa shape index (κ2) is 7.98. The van der Waals surface area contributed by atoms with Crippen LogP contribution in [-0.2, 0) is 18.0 Å². The highest BCUT2D eigenvalue weighted by Gasteiger charge is 2.21. The highest BCUT2D eigenvalue weighted by molar-refractivity contribution is 5.50. The minimum atomic E-state index is -0.436. The molecule has 0 bridgehead atoms. The van der Waals surface area contributed by atoms with Crippen LogP contribution in [0.25, 0.3) is 0 Å². The van der Waals surface area contributed by atoms with Gasteiger partial charge < -0.3 is 18.9 Å². The third-order valence-electron chi connectivity index (χ3n) is 4.18. The van der Waals surface area contributed by atoms with Crippen molar-refractivity contribution >= 4 is 5.69 Å². The predicted octanol–water partition coefficient (Wildman–Crippen LogP) is 4.83. The summed E-state index contributed by atoms with van der Waals surface area (Å²) in [4.78, 5) is 10.7. The van der Waals surface area contributed by atoms with Crippen molar-refractivity contribution in [1.82, 2.24) is 0 Å². The molecule has 0 atom stereocenters. The van der Waals surface area contributed by atoms with Crippen LogP contribution < -0.4 is 14.2 Å². The van der Waals surface area contributed by atoms with Crippen molar-refractivity contribution in [3.8, 4) is 23.0 Å². The third kappa shape index (κ3) is 4.05. The van der Waals surface area contributed by atoms with Gasteiger partial charge in [0.05, 0.1) is 11.5 Å². The molecule has 0 fully saturated rings. The Balaban J connectivity index is 1.47. The van der Waals surface area contributed by atoms with Crippen molar-refractivity contribution < 1.29 is 23.9 Å². The van der Waals surface area contributed by atoms with Crippen molar-refractivity contribution in [2.45, 2.75) is 13.2 Å². The van der Waals surface area contributed by atoms with E-state index in [4.69, 9.17) is 18.9 Å². The Hall–Kier alpha value is -3.58. The van der Waals surface area contributed by atoms with Crippen LogP contribution in [0.2, 0.25) is 0 Å². The minimum Gasteiger partial charge on any atom is -0.489 e. The van der Waals surface area contributed by atoms with Crippen molar-refractivity contribution in [3.05, 3.63) is 88.0 Å². The van der Waals surface area contributed by atoms with Gasteiger partial charge in [0.1, 0.15) is 29.6 Å². The van der Waals surface area contributed by atoms with Crippen molar-refractivity contribution in [2.24, 2.45) is 0 Å². The van der Waals surface area contributed by atoms with Crippen LogP contribution in [0.1, 0.15) is 11.1 Å². The first-order valence-electron chi connectivity index (χ1n) is 8.65. The number of rotatable bonds is 6. The highest BCUT2D eigenvalue weighted by atomic mass is 16.7. The molecule has 0 aromatic heterocycles. The van der Waals surface area contributed by atoms with Crippen molar-refractivity contribution in [2.75, 3.05) is 6.79 Å². The zero-order valence-electron chi connectivity index (χ0n) is 14.9. The molecule has 0 saturated carbocycles. The lowest BCUT2D eigenvalue weighted by molar-refractivity contribution is -0.385. The van der Waals surface area contributed by atoms with E-state index in [1.807, 2.05) is 30.3 Å². The zero-order chi connectivity index (χ0) is 19.3. The summed E-state index contributed by atoms with van der Waals surface area (Å²) in [6, 6.07) is 19.6. The number of nitro groups is 1. The molecule has 0 unspecified atom stereocenters. The van der Waals surface area contributed by atoms with Gasteiger partial charge in [0, 0.05) is 23.3 Å². The number of benzene rings is 3. The number of nitrogens with zero attached hydrogens (tertiary/aromatic N) is 1. The molecule has 1 aliphatic rings. The second-order valence-corrected chi connectivity index (χ2v) is 6.14. The van der Waals surface area contributed by atoms with E-state index in [1.165, 1.54) is 12.1 Å². The first kappa shape index (κ1) is 17.8. The fourth-order valence-corrected chi connectivity index (χ4v) is 2.88. The Labute approximate surface area is 161 Å². The van der Waals surface area contributed by atoms with Gasteiger partial charge in [-0.15, -0.1) is 0 Å². The topological polar surface area (TPSA) is 80.1 Å². The van der Waals surface area contributed by atoms with Gasteiger partial charge >= 0.3 is 0 Å². The molecule has 3 aromatic rings. The average Bonchev–Trinajstić information content (AvgIpc) is 2.73. The number of ether oxygens (including phenoxy) is 4. The van der Waals surface area contributed by atoms with Crippen LogP contribution in [-0.4, -0.2) is 11.7 Å². The Kier molecular flexibility index (Phi) is 5.07. The summed E-state index contributed by atoms with van der Waals surface area (Å²) >= 11 is 0. The quantitative estimate of drug-likeness (QED) is 0.451. The molecular formula is C21H17NO6. The molecule has 1 aliphatic heterocycles. The summed E-state index contributed by atoms with van der Waals surface area (Å²) in [5.41, 5.74) is 1.24. The van der Waals surface area contributed by atoms with Crippen LogP contribution in [0.3, 0.4) is 0 Å². The monoisotopic (exact) mass is 379 g/mol. The lowest BCUT2D eigenvalue weighted by Gasteiger charge is -2.20. The zero-order valence-corrected chi connectivity index (χ0v) is 14.9. The SMILES string of the molecule is O=[N+]([O-])c1cc2c(c(COc3ccc(Oc4ccccc4)cc3)c1)OCOC2. The predicted molar refractivity (Wildman–Crippen MR) is 101 cm³/mol. The Morgan fingerprint density at radius 1 is 0.964 bits per heavy atom. The molecule has 7 nitrogen and oxygen atoms in total. The fraction of sp³-hybridized carbons (Fsp3) is 0.143. The molecule has 0 N–H and O–H groups in total. The van der Waals surface area contributed by atoms with Gasteiger partial charge in [-0.25, -0.2) is 0 Å². The number of non-ortho nitro benzene ring substituents is 1. The Morgan fingerprint density at radius 3 is 2.43 bits per heavy atom. The molecule has 28 heavy (non-hydrogen) atoms. The van der Waals surface area contributed by atoms with Gasteiger partial charge in [-0.05, 0) is 36.4 Å². The number of hydrogen-bond acceptors (Lipinski definition) is 6. The Bertz CT molecular complexity index is 972. The largest absolute Gasteiger partial charge is 0.489 e. The molecule has 1 heterocycles. The fourth-order valence-electron chi connectivity index (χ4n) is 2.88. The van der Waals surface area contributed by atoms with Gasteiger partial charge in [0.25, 0.3) is 5.69 Å². The molecule has 4 rings (SSSR count). The summed E-state index contributed by atoms with van der Waals surface area (Å²) < 4.78 is 22.3. The number of nitro benzene ring substituents is 1. The summed E-state index contributed by atoms with van der Waals surface area (Å²) in [7, 11) is 0. The smallest absolute Gasteiger partial charge is 0.270 e. The number of fused-ring (bicyclic) bond motifs is 1. The molecule has 0 saturated heterocycles. The summed E-state index contributed by atoms with van der Waals surface area (Å²) in [5, 5.41) is 11.2. The summed E-state index contributed by atoms with van der Waals surface area (Å²) in [5.74, 6) is 2.64. The van der Waals surface area contributed by atoms with Gasteiger partial charge in [-0.3, -0.25) is 10.1 Å². The molecule has 7 heteroatoms. The van der Waals surface area contributed by atoms with Gasteiger partial charge in [0.15, 0.2) is 6.79 Å². The molecule has 0 spiro atoms. The van der Waals surface area contributed by atoms with E-state index in [9.17, 15) is 10.1 Å². The van der Waals surface area contributed by atoms with E-state index >= 15 is 0 Å². The molecule has 0 amide bonds. The van der Waals surface area contributed by atoms with Crippen LogP contribution in [0.4, 0.5) is 5.69 Å². The van der Waals surface area contributed by atoms with E-state index in [0.717, 1.165) is 5.75 Å². The van der Waals surface area contributed by atoms with E-state index in [-0.39, 0.29) is 25.7 Å². The van der Waals surface area contributed by atoms with Crippen molar-refractivity contribution in [3.63, 3.8) is 0 Å². The summed E-state index contributed by atoms with van der Waals surface area (Å²) in [6.45, 7) is 0.530. The van der Waals surface area contributed by atoms with Crippen LogP contribution in [0.5, 0.6) is 23.0 Å². The maximum Gasteiger partial charge on any atom is 0.270 e. The molecular weight excluding hydrogens is 362 g/mol. The standard InChI is InChI=1S/C21H17NO6/c23-22(24)17-10-15-12-25-14-27-21(15)16(11-17)13-26-18-6-8-20(9-7-18)28-19-4-2-1-3-5-19/h1-11H,12-14H2. The highest BCUT2D eigenvalue weighted by Crippen LogP contribution is 2.33. The van der Waals surface area contributed by atoms with Gasteiger partial charge in [-0.2, -0.15) is 0 Å². The normalized spacial score (nSPS) is 12.6. The van der Waals surface area contributed by atoms with Crippen LogP contribution in [0, 0.1) is 10.1 Å². The van der Waals surface area contributed by atoms with Gasteiger partial charge in [-0.1, -0.05) is 18.2 Å². The molecule has 0 aliphatic carbocycles. The van der Waals surface area contributed by atoms with E-state index < -0.39 is 4.92 Å². The van der Waals surface area contributed by atoms with Gasteiger partial charge in [0.2, 0.25) is 0 Å². The van der Waals surface area contributed by atoms with Crippen molar-refractivity contribution in [1.29, 1.82) is 0 Å². The number of para-hydroxylation sites is 1. The molecule has 0 radical (unpaired) electrons. The first-order valence-corrected chi connectivity index (χ1v) is 8.65. The second-order valence-electron chi connectivity index (χ2n) is 6.14. The summed E-state index contributed by atoms with van der Waals surface area (Å²) in [6.07, 6.45) is 0. The van der Waals surface area contributed by atoms with Crippen LogP contribution in [0.15, 0.2) is 66.7 Å². The van der Waals surface area contributed by atoms with E-state index in [1.54, 1.807) is 24.3 Å². The Morgan fingerprint density at radius 2 is 1.68 bits per heavy atom.